The van der Waals surface area contributed by atoms with Gasteiger partial charge in [0, 0.05) is 35.8 Å². The molecule has 4 heterocycles. The van der Waals surface area contributed by atoms with Crippen LogP contribution in [0, 0.1) is 6.92 Å². The molecule has 4 aromatic heterocycles. The Kier molecular flexibility index (Phi) is 7.42. The van der Waals surface area contributed by atoms with E-state index in [2.05, 4.69) is 20.1 Å². The third-order valence-corrected chi connectivity index (χ3v) is 7.23. The van der Waals surface area contributed by atoms with E-state index in [1.165, 1.54) is 17.1 Å². The van der Waals surface area contributed by atoms with Crippen molar-refractivity contribution in [2.75, 3.05) is 27.2 Å². The van der Waals surface area contributed by atoms with Crippen molar-refractivity contribution in [2.45, 2.75) is 38.4 Å². The van der Waals surface area contributed by atoms with E-state index in [-0.39, 0.29) is 18.0 Å². The summed E-state index contributed by atoms with van der Waals surface area (Å²) in [6.45, 7) is 2.87. The van der Waals surface area contributed by atoms with Crippen molar-refractivity contribution in [1.29, 1.82) is 0 Å². The van der Waals surface area contributed by atoms with E-state index in [1.54, 1.807) is 48.0 Å². The maximum atomic E-state index is 13.1. The minimum absolute atomic E-state index is 0.186. The predicted octanol–water partition coefficient (Wildman–Crippen LogP) is 4.63. The van der Waals surface area contributed by atoms with Crippen LogP contribution in [0.2, 0.25) is 0 Å². The highest BCUT2D eigenvalue weighted by molar-refractivity contribution is 5.78. The van der Waals surface area contributed by atoms with E-state index in [9.17, 15) is 18.0 Å². The molecule has 1 fully saturated rings. The number of aryl methyl sites for hydroxylation is 1. The van der Waals surface area contributed by atoms with Crippen molar-refractivity contribution in [3.8, 4) is 23.0 Å². The Balaban J connectivity index is 1.35. The lowest BCUT2D eigenvalue weighted by atomic mass is 10.1. The first-order chi connectivity index (χ1) is 20.6. The number of halogens is 3. The molecule has 1 aromatic carbocycles. The summed E-state index contributed by atoms with van der Waals surface area (Å²) in [5, 5.41) is 4.39. The number of rotatable bonds is 9. The zero-order valence-electron chi connectivity index (χ0n) is 23.8. The molecular formula is C30H29F3N8O2. The third-order valence-electron chi connectivity index (χ3n) is 7.23. The minimum atomic E-state index is -4.53. The highest BCUT2D eigenvalue weighted by Crippen LogP contribution is 2.45. The second-order valence-corrected chi connectivity index (χ2v) is 10.8. The average Bonchev–Trinajstić information content (AvgIpc) is 3.74. The van der Waals surface area contributed by atoms with Crippen LogP contribution in [0.15, 0.2) is 59.8 Å². The molecule has 6 rings (SSSR count). The summed E-state index contributed by atoms with van der Waals surface area (Å²) in [6, 6.07) is 11.0. The molecule has 0 amide bonds. The number of nitrogens with zero attached hydrogens (tertiary/aromatic N) is 8. The van der Waals surface area contributed by atoms with Crippen LogP contribution >= 0.6 is 0 Å². The highest BCUT2D eigenvalue weighted by Gasteiger charge is 2.34. The van der Waals surface area contributed by atoms with Gasteiger partial charge in [-0.15, -0.1) is 0 Å². The van der Waals surface area contributed by atoms with Crippen LogP contribution in [0.5, 0.6) is 5.88 Å². The summed E-state index contributed by atoms with van der Waals surface area (Å²) in [7, 11) is 3.92. The van der Waals surface area contributed by atoms with Crippen LogP contribution in [0.1, 0.15) is 41.4 Å². The molecule has 0 atom stereocenters. The normalized spacial score (nSPS) is 13.7. The number of ether oxygens (including phenoxy) is 1. The highest BCUT2D eigenvalue weighted by atomic mass is 19.4. The number of alkyl halides is 3. The largest absolute Gasteiger partial charge is 0.476 e. The molecule has 0 saturated heterocycles. The van der Waals surface area contributed by atoms with E-state index < -0.39 is 11.9 Å². The van der Waals surface area contributed by atoms with Crippen molar-refractivity contribution < 1.29 is 17.9 Å². The number of benzene rings is 1. The van der Waals surface area contributed by atoms with Gasteiger partial charge in [0.05, 0.1) is 17.9 Å². The SMILES string of the molecule is Cc1cc(C(F)(F)F)nn1-c1ccc(Cn2c(=O)ccc3cnc(-c4c(OCCN(C)C)ncnc4C4CC4)nc32)cc1. The van der Waals surface area contributed by atoms with Crippen molar-refractivity contribution in [3.63, 3.8) is 0 Å². The van der Waals surface area contributed by atoms with E-state index >= 15 is 0 Å². The van der Waals surface area contributed by atoms with Gasteiger partial charge in [0.15, 0.2) is 11.5 Å². The van der Waals surface area contributed by atoms with Gasteiger partial charge >= 0.3 is 6.18 Å². The maximum absolute atomic E-state index is 13.1. The van der Waals surface area contributed by atoms with Crippen molar-refractivity contribution >= 4 is 11.0 Å². The Morgan fingerprint density at radius 1 is 1.05 bits per heavy atom. The van der Waals surface area contributed by atoms with Gasteiger partial charge in [-0.2, -0.15) is 18.3 Å². The standard InChI is InChI=1S/C30H29F3N8O2/c1-18-14-23(30(31,32)33)38-41(18)22-9-4-19(5-10-22)16-40-24(42)11-8-21-15-34-27(37-28(21)40)25-26(20-6-7-20)35-17-36-29(25)43-13-12-39(2)3/h4-5,8-11,14-15,17,20H,6-7,12-13,16H2,1-3H3. The van der Waals surface area contributed by atoms with Gasteiger partial charge in [0.2, 0.25) is 5.88 Å². The maximum Gasteiger partial charge on any atom is 0.435 e. The fourth-order valence-electron chi connectivity index (χ4n) is 4.84. The van der Waals surface area contributed by atoms with Crippen LogP contribution < -0.4 is 10.3 Å². The molecule has 5 aromatic rings. The lowest BCUT2D eigenvalue weighted by molar-refractivity contribution is -0.141. The number of aromatic nitrogens is 7. The zero-order chi connectivity index (χ0) is 30.3. The Bertz CT molecular complexity index is 1840. The summed E-state index contributed by atoms with van der Waals surface area (Å²) in [5.41, 5.74) is 2.28. The Hall–Kier alpha value is -4.65. The molecule has 1 saturated carbocycles. The lowest BCUT2D eigenvalue weighted by Crippen LogP contribution is -2.21. The molecular weight excluding hydrogens is 561 g/mol. The summed E-state index contributed by atoms with van der Waals surface area (Å²) >= 11 is 0. The van der Waals surface area contributed by atoms with Crippen molar-refractivity contribution in [2.24, 2.45) is 0 Å². The van der Waals surface area contributed by atoms with E-state index in [1.807, 2.05) is 19.0 Å². The summed E-state index contributed by atoms with van der Waals surface area (Å²) in [6.07, 6.45) is 0.646. The fraction of sp³-hybridized carbons (Fsp3) is 0.333. The number of fused-ring (bicyclic) bond motifs is 1. The molecule has 13 heteroatoms. The molecule has 0 spiro atoms. The molecule has 10 nitrogen and oxygen atoms in total. The van der Waals surface area contributed by atoms with Gasteiger partial charge in [0.1, 0.15) is 24.1 Å². The second kappa shape index (κ2) is 11.2. The molecule has 0 bridgehead atoms. The molecule has 1 aliphatic rings. The number of likely N-dealkylation sites (N-methyl/N-ethyl adjacent to an activating group) is 1. The molecule has 0 N–H and O–H groups in total. The summed E-state index contributed by atoms with van der Waals surface area (Å²) in [4.78, 5) is 33.5. The zero-order valence-corrected chi connectivity index (χ0v) is 23.8. The predicted molar refractivity (Wildman–Crippen MR) is 153 cm³/mol. The number of pyridine rings is 1. The van der Waals surface area contributed by atoms with Crippen LogP contribution in [-0.2, 0) is 12.7 Å². The van der Waals surface area contributed by atoms with Crippen LogP contribution in [-0.4, -0.2) is 66.4 Å². The summed E-state index contributed by atoms with van der Waals surface area (Å²) < 4.78 is 48.3. The average molecular weight is 591 g/mol. The fourth-order valence-corrected chi connectivity index (χ4v) is 4.84. The summed E-state index contributed by atoms with van der Waals surface area (Å²) in [5.74, 6) is 1.05. The Morgan fingerprint density at radius 3 is 2.49 bits per heavy atom. The van der Waals surface area contributed by atoms with Gasteiger partial charge in [-0.25, -0.2) is 24.6 Å². The van der Waals surface area contributed by atoms with Crippen LogP contribution in [0.25, 0.3) is 28.1 Å². The van der Waals surface area contributed by atoms with Crippen molar-refractivity contribution in [3.05, 3.63) is 88.0 Å². The third kappa shape index (κ3) is 5.98. The van der Waals surface area contributed by atoms with Crippen LogP contribution in [0.3, 0.4) is 0 Å². The quantitative estimate of drug-likeness (QED) is 0.245. The smallest absolute Gasteiger partial charge is 0.435 e. The van der Waals surface area contributed by atoms with Gasteiger partial charge in [0.25, 0.3) is 5.56 Å². The molecule has 0 aliphatic heterocycles. The van der Waals surface area contributed by atoms with E-state index in [0.717, 1.165) is 30.2 Å². The second-order valence-electron chi connectivity index (χ2n) is 10.8. The van der Waals surface area contributed by atoms with E-state index in [4.69, 9.17) is 9.72 Å². The molecule has 0 radical (unpaired) electrons. The lowest BCUT2D eigenvalue weighted by Gasteiger charge is -2.15. The first-order valence-corrected chi connectivity index (χ1v) is 13.8. The number of hydrogen-bond acceptors (Lipinski definition) is 8. The minimum Gasteiger partial charge on any atom is -0.476 e. The molecule has 43 heavy (non-hydrogen) atoms. The number of hydrogen-bond donors (Lipinski definition) is 0. The Morgan fingerprint density at radius 2 is 1.81 bits per heavy atom. The first-order valence-electron chi connectivity index (χ1n) is 13.8. The monoisotopic (exact) mass is 590 g/mol. The topological polar surface area (TPSA) is 104 Å². The van der Waals surface area contributed by atoms with Gasteiger partial charge < -0.3 is 9.64 Å². The van der Waals surface area contributed by atoms with E-state index in [0.29, 0.717) is 52.8 Å². The first kappa shape index (κ1) is 28.5. The molecule has 0 unspecified atom stereocenters. The van der Waals surface area contributed by atoms with Crippen molar-refractivity contribution in [1.82, 2.24) is 39.2 Å². The van der Waals surface area contributed by atoms with Crippen LogP contribution in [0.4, 0.5) is 13.2 Å². The molecule has 1 aliphatic carbocycles. The van der Waals surface area contributed by atoms with Gasteiger partial charge in [-0.05, 0) is 63.7 Å². The Labute approximate surface area is 244 Å². The molecule has 222 valence electrons. The van der Waals surface area contributed by atoms with Gasteiger partial charge in [-0.1, -0.05) is 12.1 Å². The van der Waals surface area contributed by atoms with Gasteiger partial charge in [-0.3, -0.25) is 9.36 Å².